The molecule has 0 radical (unpaired) electrons. The van der Waals surface area contributed by atoms with E-state index in [2.05, 4.69) is 15.2 Å². The normalized spacial score (nSPS) is 16.8. The molecule has 1 saturated heterocycles. The number of carbonyl (C=O) groups excluding carboxylic acids is 1. The van der Waals surface area contributed by atoms with Gasteiger partial charge < -0.3 is 9.64 Å². The molecule has 3 heterocycles. The fourth-order valence-electron chi connectivity index (χ4n) is 2.18. The van der Waals surface area contributed by atoms with E-state index < -0.39 is 0 Å². The molecule has 1 fully saturated rings. The maximum absolute atomic E-state index is 12.4. The number of aromatic nitrogens is 3. The average molecular weight is 350 g/mol. The van der Waals surface area contributed by atoms with Crippen molar-refractivity contribution in [2.45, 2.75) is 17.3 Å². The van der Waals surface area contributed by atoms with Crippen molar-refractivity contribution in [3.05, 3.63) is 28.2 Å². The topological polar surface area (TPSA) is 71.1 Å². The van der Waals surface area contributed by atoms with Crippen LogP contribution >= 0.6 is 23.1 Å². The Morgan fingerprint density at radius 3 is 3.04 bits per heavy atom. The van der Waals surface area contributed by atoms with E-state index in [1.54, 1.807) is 11.3 Å². The number of hydrogen-bond acceptors (Lipinski definition) is 6. The van der Waals surface area contributed by atoms with Crippen LogP contribution in [0.15, 0.2) is 22.7 Å². The minimum Gasteiger partial charge on any atom is -0.378 e. The zero-order chi connectivity index (χ0) is 16.1. The molecule has 1 amide bonds. The van der Waals surface area contributed by atoms with Crippen LogP contribution in [-0.2, 0) is 9.53 Å². The molecule has 2 aromatic rings. The summed E-state index contributed by atoms with van der Waals surface area (Å²) in [6.45, 7) is 4.43. The Hall–Kier alpha value is -1.64. The molecule has 23 heavy (non-hydrogen) atoms. The van der Waals surface area contributed by atoms with Gasteiger partial charge in [-0.2, -0.15) is 0 Å². The van der Waals surface area contributed by atoms with Crippen molar-refractivity contribution in [3.8, 4) is 0 Å². The molecule has 3 rings (SSSR count). The first-order chi connectivity index (χ1) is 11.2. The highest BCUT2D eigenvalue weighted by Crippen LogP contribution is 2.22. The van der Waals surface area contributed by atoms with Crippen LogP contribution in [0.4, 0.5) is 0 Å². The molecule has 0 aliphatic carbocycles. The zero-order valence-electron chi connectivity index (χ0n) is 12.8. The molecular weight excluding hydrogens is 332 g/mol. The monoisotopic (exact) mass is 350 g/mol. The van der Waals surface area contributed by atoms with Gasteiger partial charge in [-0.3, -0.25) is 9.89 Å². The number of thioether (sulfide) groups is 1. The summed E-state index contributed by atoms with van der Waals surface area (Å²) in [7, 11) is 0. The van der Waals surface area contributed by atoms with Gasteiger partial charge in [0, 0.05) is 18.0 Å². The number of nitrogens with one attached hydrogen (secondary N) is 1. The molecule has 2 aromatic heterocycles. The molecule has 8 heteroatoms. The van der Waals surface area contributed by atoms with E-state index in [1.807, 2.05) is 41.5 Å². The van der Waals surface area contributed by atoms with Gasteiger partial charge in [0.05, 0.1) is 18.5 Å². The summed E-state index contributed by atoms with van der Waals surface area (Å²) in [5, 5.41) is 9.46. The predicted molar refractivity (Wildman–Crippen MR) is 92.3 cm³/mol. The number of nitrogens with zero attached hydrogens (tertiary/aromatic N) is 3. The van der Waals surface area contributed by atoms with Gasteiger partial charge in [-0.05, 0) is 30.5 Å². The number of ether oxygens (including phenoxy) is 1. The zero-order valence-corrected chi connectivity index (χ0v) is 14.4. The molecule has 122 valence electrons. The van der Waals surface area contributed by atoms with E-state index in [-0.39, 0.29) is 11.2 Å². The van der Waals surface area contributed by atoms with E-state index >= 15 is 0 Å². The number of H-pyrrole nitrogens is 1. The first-order valence-electron chi connectivity index (χ1n) is 7.39. The smallest absolute Gasteiger partial charge is 0.236 e. The summed E-state index contributed by atoms with van der Waals surface area (Å²) in [4.78, 5) is 19.8. The summed E-state index contributed by atoms with van der Waals surface area (Å²) in [5.74, 6) is 0.797. The molecule has 0 spiro atoms. The van der Waals surface area contributed by atoms with Crippen LogP contribution in [0.2, 0.25) is 0 Å². The van der Waals surface area contributed by atoms with Crippen molar-refractivity contribution in [2.24, 2.45) is 0 Å². The number of thiophene rings is 1. The standard InChI is InChI=1S/C15H18N4O2S2/c1-11(14(20)19-6-8-21-9-7-19)23-15-16-13(17-18-15)5-4-12-3-2-10-22-12/h2-5,10-11H,6-9H2,1H3,(H,16,17,18). The number of aromatic amines is 1. The third-order valence-electron chi connectivity index (χ3n) is 3.38. The Kier molecular flexibility index (Phi) is 5.47. The number of rotatable bonds is 5. The number of hydrogen-bond donors (Lipinski definition) is 1. The second-order valence-corrected chi connectivity index (χ2v) is 7.34. The van der Waals surface area contributed by atoms with E-state index in [0.717, 1.165) is 4.88 Å². The molecule has 1 aliphatic rings. The maximum Gasteiger partial charge on any atom is 0.236 e. The molecular formula is C15H18N4O2S2. The lowest BCUT2D eigenvalue weighted by Gasteiger charge is -2.28. The number of morpholine rings is 1. The van der Waals surface area contributed by atoms with Crippen LogP contribution in [0.5, 0.6) is 0 Å². The molecule has 1 atom stereocenters. The van der Waals surface area contributed by atoms with Crippen LogP contribution in [0.25, 0.3) is 12.2 Å². The summed E-state index contributed by atoms with van der Waals surface area (Å²) < 4.78 is 5.27. The molecule has 1 aliphatic heterocycles. The second kappa shape index (κ2) is 7.76. The second-order valence-electron chi connectivity index (χ2n) is 5.05. The molecule has 0 bridgehead atoms. The maximum atomic E-state index is 12.4. The van der Waals surface area contributed by atoms with Crippen molar-refractivity contribution in [2.75, 3.05) is 26.3 Å². The van der Waals surface area contributed by atoms with E-state index in [0.29, 0.717) is 37.3 Å². The van der Waals surface area contributed by atoms with E-state index in [9.17, 15) is 4.79 Å². The van der Waals surface area contributed by atoms with Crippen molar-refractivity contribution in [1.82, 2.24) is 20.1 Å². The Balaban J connectivity index is 1.56. The Labute approximate surface area is 142 Å². The van der Waals surface area contributed by atoms with Crippen LogP contribution in [0.1, 0.15) is 17.6 Å². The third-order valence-corrected chi connectivity index (χ3v) is 5.17. The van der Waals surface area contributed by atoms with E-state index in [4.69, 9.17) is 4.74 Å². The Morgan fingerprint density at radius 1 is 1.48 bits per heavy atom. The van der Waals surface area contributed by atoms with Gasteiger partial charge in [-0.25, -0.2) is 4.98 Å². The van der Waals surface area contributed by atoms with Crippen molar-refractivity contribution < 1.29 is 9.53 Å². The first kappa shape index (κ1) is 16.2. The van der Waals surface area contributed by atoms with Crippen LogP contribution in [0, 0.1) is 0 Å². The van der Waals surface area contributed by atoms with Crippen LogP contribution < -0.4 is 0 Å². The summed E-state index contributed by atoms with van der Waals surface area (Å²) >= 11 is 3.04. The molecule has 1 N–H and O–H groups in total. The van der Waals surface area contributed by atoms with Gasteiger partial charge in [0.15, 0.2) is 0 Å². The number of carbonyl (C=O) groups is 1. The van der Waals surface area contributed by atoms with Gasteiger partial charge >= 0.3 is 0 Å². The SMILES string of the molecule is CC(Sc1n[nH]c(C=Cc2cccs2)n1)C(=O)N1CCOCC1. The lowest BCUT2D eigenvalue weighted by atomic mass is 10.3. The fraction of sp³-hybridized carbons (Fsp3) is 0.400. The largest absolute Gasteiger partial charge is 0.378 e. The Bertz CT molecular complexity index is 663. The summed E-state index contributed by atoms with van der Waals surface area (Å²) in [6.07, 6.45) is 3.87. The average Bonchev–Trinajstić information content (AvgIpc) is 3.24. The number of amides is 1. The summed E-state index contributed by atoms with van der Waals surface area (Å²) in [5.41, 5.74) is 0. The lowest BCUT2D eigenvalue weighted by molar-refractivity contribution is -0.134. The molecule has 6 nitrogen and oxygen atoms in total. The molecule has 0 aromatic carbocycles. The van der Waals surface area contributed by atoms with Gasteiger partial charge in [0.1, 0.15) is 5.82 Å². The minimum atomic E-state index is -0.210. The minimum absolute atomic E-state index is 0.110. The van der Waals surface area contributed by atoms with Crippen molar-refractivity contribution in [1.29, 1.82) is 0 Å². The lowest BCUT2D eigenvalue weighted by Crippen LogP contribution is -2.44. The molecule has 0 saturated carbocycles. The quantitative estimate of drug-likeness (QED) is 0.838. The van der Waals surface area contributed by atoms with Gasteiger partial charge in [0.25, 0.3) is 0 Å². The third kappa shape index (κ3) is 4.43. The Morgan fingerprint density at radius 2 is 2.30 bits per heavy atom. The highest BCUT2D eigenvalue weighted by Gasteiger charge is 2.24. The van der Waals surface area contributed by atoms with E-state index in [1.165, 1.54) is 11.8 Å². The van der Waals surface area contributed by atoms with Crippen LogP contribution in [0.3, 0.4) is 0 Å². The predicted octanol–water partition coefficient (Wildman–Crippen LogP) is 2.38. The van der Waals surface area contributed by atoms with Gasteiger partial charge in [-0.1, -0.05) is 17.8 Å². The van der Waals surface area contributed by atoms with Crippen molar-refractivity contribution >= 4 is 41.2 Å². The molecule has 1 unspecified atom stereocenters. The van der Waals surface area contributed by atoms with Crippen molar-refractivity contribution in [3.63, 3.8) is 0 Å². The fourth-order valence-corrected chi connectivity index (χ4v) is 3.62. The van der Waals surface area contributed by atoms with Crippen LogP contribution in [-0.4, -0.2) is 57.5 Å². The van der Waals surface area contributed by atoms with Gasteiger partial charge in [-0.15, -0.1) is 16.4 Å². The summed E-state index contributed by atoms with van der Waals surface area (Å²) in [6, 6.07) is 4.04. The highest BCUT2D eigenvalue weighted by molar-refractivity contribution is 8.00. The van der Waals surface area contributed by atoms with Gasteiger partial charge in [0.2, 0.25) is 11.1 Å². The highest BCUT2D eigenvalue weighted by atomic mass is 32.2. The first-order valence-corrected chi connectivity index (χ1v) is 9.15.